The van der Waals surface area contributed by atoms with Gasteiger partial charge in [-0.25, -0.2) is 8.42 Å². The predicted molar refractivity (Wildman–Crippen MR) is 90.5 cm³/mol. The maximum absolute atomic E-state index is 13.0. The minimum Gasteiger partial charge on any atom is -0.497 e. The van der Waals surface area contributed by atoms with Crippen LogP contribution in [0.4, 0.5) is 0 Å². The number of fused-ring (bicyclic) bond motifs is 1. The SMILES string of the molecule is COc1ccc2c(c1)C(C)N(S(=O)(=O)c1ccccc1Cl)CC2. The first-order valence-corrected chi connectivity index (χ1v) is 9.20. The molecular formula is C17H18ClNO3S. The normalized spacial score (nSPS) is 18.5. The van der Waals surface area contributed by atoms with Gasteiger partial charge in [0.15, 0.2) is 0 Å². The molecule has 1 heterocycles. The van der Waals surface area contributed by atoms with Crippen LogP contribution in [0.1, 0.15) is 24.1 Å². The minimum atomic E-state index is -3.64. The van der Waals surface area contributed by atoms with Gasteiger partial charge >= 0.3 is 0 Å². The van der Waals surface area contributed by atoms with E-state index in [2.05, 4.69) is 0 Å². The quantitative estimate of drug-likeness (QED) is 0.847. The Balaban J connectivity index is 2.03. The highest BCUT2D eigenvalue weighted by Gasteiger charge is 2.35. The second-order valence-electron chi connectivity index (χ2n) is 5.54. The third kappa shape index (κ3) is 2.84. The Kier molecular flexibility index (Phi) is 4.36. The highest BCUT2D eigenvalue weighted by atomic mass is 35.5. The summed E-state index contributed by atoms with van der Waals surface area (Å²) in [5, 5.41) is 0.246. The van der Waals surface area contributed by atoms with Gasteiger partial charge < -0.3 is 4.74 Å². The van der Waals surface area contributed by atoms with E-state index in [1.807, 2.05) is 25.1 Å². The summed E-state index contributed by atoms with van der Waals surface area (Å²) in [5.41, 5.74) is 2.13. The Morgan fingerprint density at radius 2 is 1.96 bits per heavy atom. The molecule has 0 amide bonds. The molecule has 4 nitrogen and oxygen atoms in total. The number of ether oxygens (including phenoxy) is 1. The van der Waals surface area contributed by atoms with Gasteiger partial charge in [0.2, 0.25) is 10.0 Å². The molecule has 0 fully saturated rings. The molecule has 1 atom stereocenters. The number of rotatable bonds is 3. The lowest BCUT2D eigenvalue weighted by atomic mass is 9.95. The Labute approximate surface area is 141 Å². The number of hydrogen-bond donors (Lipinski definition) is 0. The average Bonchev–Trinajstić information content (AvgIpc) is 2.55. The number of nitrogens with zero attached hydrogens (tertiary/aromatic N) is 1. The summed E-state index contributed by atoms with van der Waals surface area (Å²) in [5.74, 6) is 0.729. The van der Waals surface area contributed by atoms with E-state index in [1.165, 1.54) is 4.31 Å². The first kappa shape index (κ1) is 16.3. The molecule has 3 rings (SSSR count). The molecule has 0 radical (unpaired) electrons. The number of hydrogen-bond acceptors (Lipinski definition) is 3. The van der Waals surface area contributed by atoms with Gasteiger partial charge in [-0.15, -0.1) is 0 Å². The van der Waals surface area contributed by atoms with Crippen LogP contribution in [0.2, 0.25) is 5.02 Å². The Hall–Kier alpha value is -1.56. The minimum absolute atomic E-state index is 0.153. The molecule has 0 bridgehead atoms. The molecule has 122 valence electrons. The van der Waals surface area contributed by atoms with Gasteiger partial charge in [0, 0.05) is 12.6 Å². The van der Waals surface area contributed by atoms with Crippen molar-refractivity contribution in [3.63, 3.8) is 0 Å². The maximum Gasteiger partial charge on any atom is 0.245 e. The number of benzene rings is 2. The number of halogens is 1. The second-order valence-corrected chi connectivity index (χ2v) is 7.80. The van der Waals surface area contributed by atoms with Gasteiger partial charge in [-0.3, -0.25) is 0 Å². The average molecular weight is 352 g/mol. The van der Waals surface area contributed by atoms with Gasteiger partial charge in [-0.05, 0) is 48.7 Å². The van der Waals surface area contributed by atoms with Crippen LogP contribution in [0.15, 0.2) is 47.4 Å². The summed E-state index contributed by atoms with van der Waals surface area (Å²) in [4.78, 5) is 0.153. The summed E-state index contributed by atoms with van der Waals surface area (Å²) in [7, 11) is -2.04. The van der Waals surface area contributed by atoms with Crippen molar-refractivity contribution in [1.29, 1.82) is 0 Å². The molecule has 2 aromatic rings. The highest BCUT2D eigenvalue weighted by Crippen LogP contribution is 2.36. The van der Waals surface area contributed by atoms with Crippen molar-refractivity contribution < 1.29 is 13.2 Å². The lowest BCUT2D eigenvalue weighted by Gasteiger charge is -2.34. The van der Waals surface area contributed by atoms with E-state index < -0.39 is 10.0 Å². The summed E-state index contributed by atoms with van der Waals surface area (Å²) in [6.45, 7) is 2.33. The summed E-state index contributed by atoms with van der Waals surface area (Å²) in [6.07, 6.45) is 0.674. The molecule has 1 aliphatic rings. The van der Waals surface area contributed by atoms with Crippen LogP contribution in [0.25, 0.3) is 0 Å². The fraction of sp³-hybridized carbons (Fsp3) is 0.294. The van der Waals surface area contributed by atoms with E-state index in [1.54, 1.807) is 31.4 Å². The molecule has 23 heavy (non-hydrogen) atoms. The standard InChI is InChI=1S/C17H18ClNO3S/c1-12-15-11-14(22-2)8-7-13(15)9-10-19(12)23(20,21)17-6-4-3-5-16(17)18/h3-8,11-12H,9-10H2,1-2H3. The molecule has 1 aliphatic heterocycles. The van der Waals surface area contributed by atoms with Crippen molar-refractivity contribution in [2.45, 2.75) is 24.3 Å². The van der Waals surface area contributed by atoms with Gasteiger partial charge in [0.25, 0.3) is 0 Å². The Bertz CT molecular complexity index is 835. The fourth-order valence-electron chi connectivity index (χ4n) is 3.00. The van der Waals surface area contributed by atoms with Crippen LogP contribution in [0.3, 0.4) is 0 Å². The molecule has 0 saturated heterocycles. The van der Waals surface area contributed by atoms with Crippen molar-refractivity contribution in [3.05, 3.63) is 58.6 Å². The van der Waals surface area contributed by atoms with Crippen molar-refractivity contribution in [2.75, 3.05) is 13.7 Å². The lowest BCUT2D eigenvalue weighted by Crippen LogP contribution is -2.38. The topological polar surface area (TPSA) is 46.6 Å². The first-order valence-electron chi connectivity index (χ1n) is 7.38. The van der Waals surface area contributed by atoms with Crippen molar-refractivity contribution in [2.24, 2.45) is 0 Å². The molecule has 2 aromatic carbocycles. The molecule has 0 saturated carbocycles. The zero-order chi connectivity index (χ0) is 16.6. The smallest absolute Gasteiger partial charge is 0.245 e. The highest BCUT2D eigenvalue weighted by molar-refractivity contribution is 7.89. The predicted octanol–water partition coefficient (Wildman–Crippen LogP) is 3.66. The van der Waals surface area contributed by atoms with Crippen LogP contribution in [-0.2, 0) is 16.4 Å². The van der Waals surface area contributed by atoms with E-state index in [0.29, 0.717) is 13.0 Å². The summed E-state index contributed by atoms with van der Waals surface area (Å²) < 4.78 is 32.8. The van der Waals surface area contributed by atoms with Crippen molar-refractivity contribution >= 4 is 21.6 Å². The van der Waals surface area contributed by atoms with Crippen LogP contribution in [0.5, 0.6) is 5.75 Å². The molecule has 6 heteroatoms. The van der Waals surface area contributed by atoms with Crippen molar-refractivity contribution in [3.8, 4) is 5.75 Å². The molecule has 0 spiro atoms. The fourth-order valence-corrected chi connectivity index (χ4v) is 5.11. The van der Waals surface area contributed by atoms with Gasteiger partial charge in [0.1, 0.15) is 10.6 Å². The van der Waals surface area contributed by atoms with E-state index in [4.69, 9.17) is 16.3 Å². The van der Waals surface area contributed by atoms with Crippen molar-refractivity contribution in [1.82, 2.24) is 4.31 Å². The maximum atomic E-state index is 13.0. The Morgan fingerprint density at radius 3 is 2.65 bits per heavy atom. The first-order chi connectivity index (χ1) is 10.9. The van der Waals surface area contributed by atoms with E-state index in [9.17, 15) is 8.42 Å². The zero-order valence-electron chi connectivity index (χ0n) is 13.0. The van der Waals surface area contributed by atoms with Crippen LogP contribution >= 0.6 is 11.6 Å². The summed E-state index contributed by atoms with van der Waals surface area (Å²) in [6, 6.07) is 12.1. The number of methoxy groups -OCH3 is 1. The van der Waals surface area contributed by atoms with Gasteiger partial charge in [0.05, 0.1) is 12.1 Å². The molecule has 1 unspecified atom stereocenters. The Morgan fingerprint density at radius 1 is 1.22 bits per heavy atom. The molecular weight excluding hydrogens is 334 g/mol. The van der Waals surface area contributed by atoms with E-state index in [-0.39, 0.29) is 16.0 Å². The van der Waals surface area contributed by atoms with Crippen LogP contribution in [-0.4, -0.2) is 26.4 Å². The third-order valence-corrected chi connectivity index (χ3v) is 6.73. The van der Waals surface area contributed by atoms with Crippen LogP contribution < -0.4 is 4.74 Å². The zero-order valence-corrected chi connectivity index (χ0v) is 14.6. The molecule has 0 aliphatic carbocycles. The van der Waals surface area contributed by atoms with Crippen LogP contribution in [0, 0.1) is 0 Å². The molecule has 0 aromatic heterocycles. The monoisotopic (exact) mass is 351 g/mol. The van der Waals surface area contributed by atoms with Gasteiger partial charge in [-0.1, -0.05) is 29.8 Å². The third-order valence-electron chi connectivity index (χ3n) is 4.26. The largest absolute Gasteiger partial charge is 0.497 e. The lowest BCUT2D eigenvalue weighted by molar-refractivity contribution is 0.324. The van der Waals surface area contributed by atoms with E-state index >= 15 is 0 Å². The van der Waals surface area contributed by atoms with E-state index in [0.717, 1.165) is 16.9 Å². The summed E-state index contributed by atoms with van der Waals surface area (Å²) >= 11 is 6.10. The number of sulfonamides is 1. The van der Waals surface area contributed by atoms with Gasteiger partial charge in [-0.2, -0.15) is 4.31 Å². The second kappa shape index (κ2) is 6.15. The molecule has 0 N–H and O–H groups in total.